The van der Waals surface area contributed by atoms with E-state index in [9.17, 15) is 9.90 Å². The Morgan fingerprint density at radius 2 is 2.15 bits per heavy atom. The van der Waals surface area contributed by atoms with Crippen LogP contribution < -0.4 is 4.90 Å². The number of rotatable bonds is 7. The first-order chi connectivity index (χ1) is 12.7. The van der Waals surface area contributed by atoms with Gasteiger partial charge in [0.2, 0.25) is 0 Å². The van der Waals surface area contributed by atoms with Gasteiger partial charge in [-0.15, -0.1) is 0 Å². The number of esters is 1. The van der Waals surface area contributed by atoms with Crippen LogP contribution in [0.5, 0.6) is 0 Å². The number of ether oxygens (including phenoxy) is 1. The molecule has 1 N–H and O–H groups in total. The number of carbonyl (C=O) groups is 1. The Kier molecular flexibility index (Phi) is 4.63. The summed E-state index contributed by atoms with van der Waals surface area (Å²) >= 11 is 0. The van der Waals surface area contributed by atoms with Gasteiger partial charge in [0.25, 0.3) is 0 Å². The number of anilines is 1. The standard InChI is InChI=1S/C19H24N4O3/c1-2-26-19(25)16-8-20-23(12-16)11-13-3-4-18(21-17(13)5-6-24)22-9-14-7-15(14)10-22/h3-4,8,12,14-15,24H,2,5-7,9-11H2,1H3. The van der Waals surface area contributed by atoms with E-state index in [0.29, 0.717) is 25.1 Å². The summed E-state index contributed by atoms with van der Waals surface area (Å²) in [6.07, 6.45) is 5.07. The third kappa shape index (κ3) is 3.44. The topological polar surface area (TPSA) is 80.5 Å². The summed E-state index contributed by atoms with van der Waals surface area (Å²) in [6.45, 7) is 4.87. The molecule has 0 radical (unpaired) electrons. The van der Waals surface area contributed by atoms with Crippen molar-refractivity contribution in [2.75, 3.05) is 31.2 Å². The van der Waals surface area contributed by atoms with Crippen LogP contribution in [0.4, 0.5) is 5.82 Å². The number of aliphatic hydroxyl groups is 1. The zero-order valence-electron chi connectivity index (χ0n) is 15.0. The molecule has 2 aromatic rings. The summed E-state index contributed by atoms with van der Waals surface area (Å²) < 4.78 is 6.70. The molecule has 2 atom stereocenters. The molecular formula is C19H24N4O3. The molecule has 1 aliphatic carbocycles. The van der Waals surface area contributed by atoms with Gasteiger partial charge in [0.15, 0.2) is 0 Å². The van der Waals surface area contributed by atoms with E-state index in [2.05, 4.69) is 22.1 Å². The smallest absolute Gasteiger partial charge is 0.341 e. The minimum absolute atomic E-state index is 0.0574. The van der Waals surface area contributed by atoms with Gasteiger partial charge in [-0.25, -0.2) is 9.78 Å². The highest BCUT2D eigenvalue weighted by atomic mass is 16.5. The van der Waals surface area contributed by atoms with Gasteiger partial charge in [-0.2, -0.15) is 5.10 Å². The zero-order chi connectivity index (χ0) is 18.1. The van der Waals surface area contributed by atoms with E-state index in [-0.39, 0.29) is 12.6 Å². The lowest BCUT2D eigenvalue weighted by Crippen LogP contribution is -2.23. The Hall–Kier alpha value is -2.41. The van der Waals surface area contributed by atoms with Crippen molar-refractivity contribution >= 4 is 11.8 Å². The molecule has 7 heteroatoms. The van der Waals surface area contributed by atoms with Crippen molar-refractivity contribution in [1.29, 1.82) is 0 Å². The van der Waals surface area contributed by atoms with Crippen LogP contribution in [0.2, 0.25) is 0 Å². The molecule has 26 heavy (non-hydrogen) atoms. The molecule has 1 aliphatic heterocycles. The number of piperidine rings is 1. The van der Waals surface area contributed by atoms with Crippen molar-refractivity contribution in [2.45, 2.75) is 26.3 Å². The molecule has 2 unspecified atom stereocenters. The Labute approximate surface area is 152 Å². The van der Waals surface area contributed by atoms with E-state index in [1.165, 1.54) is 12.6 Å². The van der Waals surface area contributed by atoms with Crippen LogP contribution >= 0.6 is 0 Å². The van der Waals surface area contributed by atoms with Crippen LogP contribution in [-0.4, -0.2) is 52.1 Å². The van der Waals surface area contributed by atoms with Gasteiger partial charge in [0, 0.05) is 32.3 Å². The van der Waals surface area contributed by atoms with Gasteiger partial charge in [0.1, 0.15) is 5.82 Å². The summed E-state index contributed by atoms with van der Waals surface area (Å²) in [5.74, 6) is 2.33. The molecule has 1 saturated heterocycles. The molecule has 0 bridgehead atoms. The Morgan fingerprint density at radius 3 is 2.88 bits per heavy atom. The average molecular weight is 356 g/mol. The summed E-state index contributed by atoms with van der Waals surface area (Å²) in [5.41, 5.74) is 2.33. The predicted molar refractivity (Wildman–Crippen MR) is 96.1 cm³/mol. The van der Waals surface area contributed by atoms with E-state index < -0.39 is 0 Å². The van der Waals surface area contributed by atoms with E-state index in [4.69, 9.17) is 9.72 Å². The maximum atomic E-state index is 11.8. The third-order valence-electron chi connectivity index (χ3n) is 5.18. The van der Waals surface area contributed by atoms with E-state index in [0.717, 1.165) is 42.0 Å². The molecular weight excluding hydrogens is 332 g/mol. The van der Waals surface area contributed by atoms with Crippen molar-refractivity contribution in [3.63, 3.8) is 0 Å². The molecule has 0 amide bonds. The number of aromatic nitrogens is 3. The monoisotopic (exact) mass is 356 g/mol. The van der Waals surface area contributed by atoms with Crippen LogP contribution in [0.25, 0.3) is 0 Å². The number of fused-ring (bicyclic) bond motifs is 1. The highest BCUT2D eigenvalue weighted by molar-refractivity contribution is 5.88. The summed E-state index contributed by atoms with van der Waals surface area (Å²) in [4.78, 5) is 18.9. The molecule has 7 nitrogen and oxygen atoms in total. The van der Waals surface area contributed by atoms with Crippen LogP contribution in [0.3, 0.4) is 0 Å². The van der Waals surface area contributed by atoms with E-state index in [1.54, 1.807) is 17.8 Å². The maximum Gasteiger partial charge on any atom is 0.341 e. The predicted octanol–water partition coefficient (Wildman–Crippen LogP) is 1.49. The number of hydrogen-bond acceptors (Lipinski definition) is 6. The zero-order valence-corrected chi connectivity index (χ0v) is 15.0. The van der Waals surface area contributed by atoms with Crippen molar-refractivity contribution in [1.82, 2.24) is 14.8 Å². The number of pyridine rings is 1. The lowest BCUT2D eigenvalue weighted by atomic mass is 10.1. The second-order valence-corrected chi connectivity index (χ2v) is 7.06. The number of nitrogens with zero attached hydrogens (tertiary/aromatic N) is 4. The Balaban J connectivity index is 1.51. The maximum absolute atomic E-state index is 11.8. The fourth-order valence-corrected chi connectivity index (χ4v) is 3.69. The van der Waals surface area contributed by atoms with Crippen molar-refractivity contribution in [2.24, 2.45) is 11.8 Å². The number of carbonyl (C=O) groups excluding carboxylic acids is 1. The Morgan fingerprint density at radius 1 is 1.35 bits per heavy atom. The van der Waals surface area contributed by atoms with Crippen LogP contribution in [-0.2, 0) is 17.7 Å². The van der Waals surface area contributed by atoms with E-state index >= 15 is 0 Å². The number of hydrogen-bond donors (Lipinski definition) is 1. The second-order valence-electron chi connectivity index (χ2n) is 7.06. The van der Waals surface area contributed by atoms with E-state index in [1.807, 2.05) is 0 Å². The van der Waals surface area contributed by atoms with Crippen LogP contribution in [0, 0.1) is 11.8 Å². The molecule has 1 saturated carbocycles. The average Bonchev–Trinajstić information content (AvgIpc) is 3.04. The molecule has 2 aliphatic rings. The first kappa shape index (κ1) is 17.0. The highest BCUT2D eigenvalue weighted by Crippen LogP contribution is 2.45. The Bertz CT molecular complexity index is 794. The minimum atomic E-state index is -0.365. The summed E-state index contributed by atoms with van der Waals surface area (Å²) in [6, 6.07) is 4.11. The molecule has 2 aromatic heterocycles. The van der Waals surface area contributed by atoms with Crippen molar-refractivity contribution in [3.05, 3.63) is 41.3 Å². The van der Waals surface area contributed by atoms with Crippen molar-refractivity contribution < 1.29 is 14.6 Å². The fraction of sp³-hybridized carbons (Fsp3) is 0.526. The summed E-state index contributed by atoms with van der Waals surface area (Å²) in [7, 11) is 0. The third-order valence-corrected chi connectivity index (χ3v) is 5.18. The lowest BCUT2D eigenvalue weighted by Gasteiger charge is -2.21. The first-order valence-corrected chi connectivity index (χ1v) is 9.22. The SMILES string of the molecule is CCOC(=O)c1cnn(Cc2ccc(N3CC4CC4C3)nc2CCO)c1. The molecule has 0 aromatic carbocycles. The minimum Gasteiger partial charge on any atom is -0.462 e. The van der Waals surface area contributed by atoms with Gasteiger partial charge in [-0.3, -0.25) is 4.68 Å². The molecule has 138 valence electrons. The largest absolute Gasteiger partial charge is 0.462 e. The quantitative estimate of drug-likeness (QED) is 0.757. The lowest BCUT2D eigenvalue weighted by molar-refractivity contribution is 0.0526. The summed E-state index contributed by atoms with van der Waals surface area (Å²) in [5, 5.41) is 13.7. The fourth-order valence-electron chi connectivity index (χ4n) is 3.69. The van der Waals surface area contributed by atoms with Gasteiger partial charge < -0.3 is 14.7 Å². The van der Waals surface area contributed by atoms with Gasteiger partial charge in [-0.1, -0.05) is 6.07 Å². The highest BCUT2D eigenvalue weighted by Gasteiger charge is 2.45. The molecule has 2 fully saturated rings. The first-order valence-electron chi connectivity index (χ1n) is 9.22. The second kappa shape index (κ2) is 7.07. The molecule has 3 heterocycles. The normalized spacial score (nSPS) is 20.9. The van der Waals surface area contributed by atoms with Gasteiger partial charge in [-0.05, 0) is 36.8 Å². The van der Waals surface area contributed by atoms with Crippen molar-refractivity contribution in [3.8, 4) is 0 Å². The van der Waals surface area contributed by atoms with Crippen LogP contribution in [0.15, 0.2) is 24.5 Å². The van der Waals surface area contributed by atoms with Gasteiger partial charge in [0.05, 0.1) is 30.6 Å². The molecule has 0 spiro atoms. The van der Waals surface area contributed by atoms with Gasteiger partial charge >= 0.3 is 5.97 Å². The van der Waals surface area contributed by atoms with Crippen LogP contribution in [0.1, 0.15) is 35.0 Å². The number of aliphatic hydroxyl groups excluding tert-OH is 1. The molecule has 4 rings (SSSR count).